The molecule has 152 valence electrons. The Morgan fingerprint density at radius 1 is 0.871 bits per heavy atom. The number of rotatable bonds is 5. The maximum Gasteiger partial charge on any atom is 0.219 e. The predicted molar refractivity (Wildman–Crippen MR) is 110 cm³/mol. The fraction of sp³-hybridized carbons (Fsp3) is 0.0435. The van der Waals surface area contributed by atoms with Gasteiger partial charge in [0.1, 0.15) is 17.1 Å². The Labute approximate surface area is 176 Å². The van der Waals surface area contributed by atoms with Crippen molar-refractivity contribution >= 4 is 0 Å². The number of hydrogen-bond donors (Lipinski definition) is 0. The Bertz CT molecular complexity index is 1310. The molecule has 0 unspecified atom stereocenters. The summed E-state index contributed by atoms with van der Waals surface area (Å²) in [6.07, 6.45) is 4.95. The maximum absolute atomic E-state index is 14.1. The third kappa shape index (κ3) is 3.95. The van der Waals surface area contributed by atoms with Gasteiger partial charge in [-0.25, -0.2) is 23.7 Å². The van der Waals surface area contributed by atoms with Crippen LogP contribution in [0.2, 0.25) is 0 Å². The number of ether oxygens (including phenoxy) is 1. The van der Waals surface area contributed by atoms with Crippen LogP contribution in [0.5, 0.6) is 11.6 Å². The third-order valence-electron chi connectivity index (χ3n) is 4.64. The van der Waals surface area contributed by atoms with Crippen LogP contribution < -0.4 is 4.74 Å². The smallest absolute Gasteiger partial charge is 0.219 e. The Morgan fingerprint density at radius 2 is 1.71 bits per heavy atom. The summed E-state index contributed by atoms with van der Waals surface area (Å²) in [6.45, 7) is 0.496. The molecule has 2 aliphatic heterocycles. The van der Waals surface area contributed by atoms with Gasteiger partial charge in [0.25, 0.3) is 0 Å². The summed E-state index contributed by atoms with van der Waals surface area (Å²) >= 11 is 0. The van der Waals surface area contributed by atoms with E-state index in [2.05, 4.69) is 20.1 Å². The Hall–Kier alpha value is -4.20. The first-order valence-corrected chi connectivity index (χ1v) is 9.48. The third-order valence-corrected chi connectivity index (χ3v) is 4.64. The molecule has 8 heteroatoms. The quantitative estimate of drug-likeness (QED) is 0.406. The lowest BCUT2D eigenvalue weighted by molar-refractivity contribution is 0.462. The topological polar surface area (TPSA) is 65.7 Å². The van der Waals surface area contributed by atoms with E-state index < -0.39 is 11.6 Å². The van der Waals surface area contributed by atoms with Crippen LogP contribution in [-0.2, 0) is 6.54 Å². The van der Waals surface area contributed by atoms with Gasteiger partial charge in [0.2, 0.25) is 5.88 Å². The molecule has 0 atom stereocenters. The van der Waals surface area contributed by atoms with Crippen LogP contribution >= 0.6 is 0 Å². The van der Waals surface area contributed by atoms with Gasteiger partial charge >= 0.3 is 0 Å². The Kier molecular flexibility index (Phi) is 4.80. The first kappa shape index (κ1) is 18.8. The average molecular weight is 415 g/mol. The van der Waals surface area contributed by atoms with Gasteiger partial charge in [-0.2, -0.15) is 5.10 Å². The number of imidazole rings is 1. The highest BCUT2D eigenvalue weighted by molar-refractivity contribution is 5.65. The summed E-state index contributed by atoms with van der Waals surface area (Å²) in [7, 11) is 0. The SMILES string of the molecule is Fc1cccc(-c2nc3cnn(Cc4ccc(Oc5ccccn5)cc4)cc-3n2)c1F. The fourth-order valence-electron chi connectivity index (χ4n) is 3.12. The molecule has 0 spiro atoms. The van der Waals surface area contributed by atoms with Crippen molar-refractivity contribution in [2.45, 2.75) is 6.54 Å². The molecular weight excluding hydrogens is 400 g/mol. The number of pyridine rings is 1. The van der Waals surface area contributed by atoms with E-state index in [4.69, 9.17) is 4.74 Å². The zero-order valence-corrected chi connectivity index (χ0v) is 16.1. The van der Waals surface area contributed by atoms with Crippen molar-refractivity contribution in [3.63, 3.8) is 0 Å². The molecule has 0 aliphatic carbocycles. The van der Waals surface area contributed by atoms with Gasteiger partial charge in [0, 0.05) is 12.3 Å². The minimum atomic E-state index is -0.966. The second-order valence-corrected chi connectivity index (χ2v) is 6.80. The van der Waals surface area contributed by atoms with Crippen LogP contribution in [0.15, 0.2) is 79.3 Å². The average Bonchev–Trinajstić information content (AvgIpc) is 3.21. The molecule has 0 saturated heterocycles. The molecule has 0 fully saturated rings. The number of benzene rings is 2. The van der Waals surface area contributed by atoms with Crippen molar-refractivity contribution in [1.82, 2.24) is 24.7 Å². The minimum Gasteiger partial charge on any atom is -0.439 e. The zero-order valence-electron chi connectivity index (χ0n) is 16.1. The van der Waals surface area contributed by atoms with E-state index in [1.54, 1.807) is 29.3 Å². The van der Waals surface area contributed by atoms with E-state index in [9.17, 15) is 8.78 Å². The van der Waals surface area contributed by atoms with E-state index in [0.717, 1.165) is 11.6 Å². The lowest BCUT2D eigenvalue weighted by atomic mass is 10.2. The molecule has 6 nitrogen and oxygen atoms in total. The van der Waals surface area contributed by atoms with E-state index in [1.165, 1.54) is 12.1 Å². The van der Waals surface area contributed by atoms with Gasteiger partial charge in [-0.05, 0) is 35.9 Å². The lowest BCUT2D eigenvalue weighted by Crippen LogP contribution is -2.05. The van der Waals surface area contributed by atoms with Gasteiger partial charge in [0.15, 0.2) is 17.5 Å². The van der Waals surface area contributed by atoms with Gasteiger partial charge in [0.05, 0.1) is 24.5 Å². The fourth-order valence-corrected chi connectivity index (χ4v) is 3.12. The van der Waals surface area contributed by atoms with Crippen LogP contribution in [0.25, 0.3) is 22.8 Å². The summed E-state index contributed by atoms with van der Waals surface area (Å²) < 4.78 is 35.0. The zero-order chi connectivity index (χ0) is 21.2. The molecule has 0 N–H and O–H groups in total. The highest BCUT2D eigenvalue weighted by Gasteiger charge is 2.18. The van der Waals surface area contributed by atoms with E-state index in [1.807, 2.05) is 36.4 Å². The first-order chi connectivity index (χ1) is 15.2. The van der Waals surface area contributed by atoms with Crippen molar-refractivity contribution < 1.29 is 13.5 Å². The molecule has 31 heavy (non-hydrogen) atoms. The summed E-state index contributed by atoms with van der Waals surface area (Å²) in [4.78, 5) is 12.7. The standard InChI is InChI=1S/C23H15F2N5O/c24-18-5-3-4-17(22(18)25)23-28-19-12-27-30(14-20(19)29-23)13-15-7-9-16(10-8-15)31-21-6-1-2-11-26-21/h1-12,14H,13H2. The Balaban J connectivity index is 1.35. The molecule has 2 aliphatic rings. The second-order valence-electron chi connectivity index (χ2n) is 6.80. The van der Waals surface area contributed by atoms with Crippen molar-refractivity contribution in [2.24, 2.45) is 0 Å². The molecule has 3 heterocycles. The molecule has 1 aromatic heterocycles. The molecular formula is C23H15F2N5O. The summed E-state index contributed by atoms with van der Waals surface area (Å²) in [5, 5.41) is 4.34. The molecule has 0 bridgehead atoms. The van der Waals surface area contributed by atoms with E-state index in [0.29, 0.717) is 29.6 Å². The van der Waals surface area contributed by atoms with Gasteiger partial charge in [-0.15, -0.1) is 0 Å². The lowest BCUT2D eigenvalue weighted by Gasteiger charge is -2.08. The molecule has 0 radical (unpaired) electrons. The van der Waals surface area contributed by atoms with Crippen molar-refractivity contribution in [3.8, 4) is 34.4 Å². The second kappa shape index (κ2) is 7.91. The normalized spacial score (nSPS) is 11.0. The number of hydrogen-bond acceptors (Lipinski definition) is 5. The Morgan fingerprint density at radius 3 is 2.52 bits per heavy atom. The van der Waals surface area contributed by atoms with E-state index in [-0.39, 0.29) is 11.4 Å². The molecule has 5 rings (SSSR count). The number of fused-ring (bicyclic) bond motifs is 1. The summed E-state index contributed by atoms with van der Waals surface area (Å²) in [6, 6.07) is 17.0. The highest BCUT2D eigenvalue weighted by atomic mass is 19.2. The van der Waals surface area contributed by atoms with Gasteiger partial charge < -0.3 is 4.74 Å². The first-order valence-electron chi connectivity index (χ1n) is 9.48. The number of aromatic nitrogens is 5. The molecule has 2 aromatic carbocycles. The van der Waals surface area contributed by atoms with E-state index >= 15 is 0 Å². The van der Waals surface area contributed by atoms with Crippen LogP contribution in [0.3, 0.4) is 0 Å². The van der Waals surface area contributed by atoms with Crippen molar-refractivity contribution in [3.05, 3.63) is 96.5 Å². The van der Waals surface area contributed by atoms with Crippen LogP contribution in [0, 0.1) is 11.6 Å². The maximum atomic E-state index is 14.1. The largest absolute Gasteiger partial charge is 0.439 e. The van der Waals surface area contributed by atoms with Crippen molar-refractivity contribution in [2.75, 3.05) is 0 Å². The predicted octanol–water partition coefficient (Wildman–Crippen LogP) is 4.96. The summed E-state index contributed by atoms with van der Waals surface area (Å²) in [5.41, 5.74) is 2.07. The van der Waals surface area contributed by atoms with Crippen LogP contribution in [-0.4, -0.2) is 24.7 Å². The van der Waals surface area contributed by atoms with Crippen LogP contribution in [0.1, 0.15) is 5.56 Å². The van der Waals surface area contributed by atoms with Crippen molar-refractivity contribution in [1.29, 1.82) is 0 Å². The highest BCUT2D eigenvalue weighted by Crippen LogP contribution is 2.27. The number of nitrogens with zero attached hydrogens (tertiary/aromatic N) is 5. The number of halogens is 2. The van der Waals surface area contributed by atoms with Crippen LogP contribution in [0.4, 0.5) is 8.78 Å². The molecule has 0 saturated carbocycles. The monoisotopic (exact) mass is 415 g/mol. The minimum absolute atomic E-state index is 0.0197. The van der Waals surface area contributed by atoms with Gasteiger partial charge in [-0.1, -0.05) is 24.3 Å². The summed E-state index contributed by atoms with van der Waals surface area (Å²) in [5.74, 6) is -0.569. The van der Waals surface area contributed by atoms with Gasteiger partial charge in [-0.3, -0.25) is 4.68 Å². The molecule has 0 amide bonds. The molecule has 3 aromatic rings.